The van der Waals surface area contributed by atoms with Crippen LogP contribution in [0, 0.1) is 0 Å². The first-order valence-electron chi connectivity index (χ1n) is 8.58. The van der Waals surface area contributed by atoms with Gasteiger partial charge in [0.1, 0.15) is 10.6 Å². The Bertz CT molecular complexity index is 819. The molecule has 1 aromatic heterocycles. The van der Waals surface area contributed by atoms with Gasteiger partial charge in [0.05, 0.1) is 33.0 Å². The molecule has 0 bridgehead atoms. The number of thiophene rings is 1. The van der Waals surface area contributed by atoms with E-state index in [0.29, 0.717) is 28.5 Å². The summed E-state index contributed by atoms with van der Waals surface area (Å²) in [6.45, 7) is 2.45. The Kier molecular flexibility index (Phi) is 7.97. The molecule has 0 radical (unpaired) electrons. The van der Waals surface area contributed by atoms with E-state index in [9.17, 15) is 14.4 Å². The van der Waals surface area contributed by atoms with Crippen molar-refractivity contribution in [2.75, 3.05) is 44.5 Å². The van der Waals surface area contributed by atoms with E-state index in [2.05, 4.69) is 10.6 Å². The highest BCUT2D eigenvalue weighted by molar-refractivity contribution is 7.12. The molecule has 0 saturated heterocycles. The third-order valence-electron chi connectivity index (χ3n) is 3.87. The minimum Gasteiger partial charge on any atom is -0.497 e. The fourth-order valence-electron chi connectivity index (χ4n) is 2.41. The van der Waals surface area contributed by atoms with Crippen LogP contribution in [0.25, 0.3) is 0 Å². The van der Waals surface area contributed by atoms with Crippen LogP contribution in [0.15, 0.2) is 35.7 Å². The highest BCUT2D eigenvalue weighted by Crippen LogP contribution is 2.23. The van der Waals surface area contributed by atoms with Crippen LogP contribution in [0.2, 0.25) is 0 Å². The highest BCUT2D eigenvalue weighted by atomic mass is 32.1. The first-order valence-corrected chi connectivity index (χ1v) is 9.46. The third kappa shape index (κ3) is 6.07. The summed E-state index contributed by atoms with van der Waals surface area (Å²) in [5, 5.41) is 7.17. The summed E-state index contributed by atoms with van der Waals surface area (Å²) in [6, 6.07) is 8.62. The number of nitrogens with one attached hydrogen (secondary N) is 2. The van der Waals surface area contributed by atoms with Crippen molar-refractivity contribution in [2.45, 2.75) is 6.92 Å². The predicted octanol–water partition coefficient (Wildman–Crippen LogP) is 2.44. The molecule has 0 aliphatic carbocycles. The molecule has 1 heterocycles. The quantitative estimate of drug-likeness (QED) is 0.622. The van der Waals surface area contributed by atoms with Crippen molar-refractivity contribution < 1.29 is 23.9 Å². The maximum absolute atomic E-state index is 12.3. The SMILES string of the molecule is CCN(CC(=O)Nc1ccc(OC)cc1)CC(=O)Nc1ccsc1C(=O)OC. The molecule has 2 rings (SSSR count). The summed E-state index contributed by atoms with van der Waals surface area (Å²) in [4.78, 5) is 38.3. The molecular formula is C19H23N3O5S. The lowest BCUT2D eigenvalue weighted by Gasteiger charge is -2.19. The molecule has 0 saturated carbocycles. The topological polar surface area (TPSA) is 97.0 Å². The Hall–Kier alpha value is -2.91. The highest BCUT2D eigenvalue weighted by Gasteiger charge is 2.18. The fraction of sp³-hybridized carbons (Fsp3) is 0.316. The van der Waals surface area contributed by atoms with Crippen molar-refractivity contribution in [2.24, 2.45) is 0 Å². The van der Waals surface area contributed by atoms with Crippen LogP contribution in [0.4, 0.5) is 11.4 Å². The van der Waals surface area contributed by atoms with Crippen LogP contribution in [0.1, 0.15) is 16.6 Å². The van der Waals surface area contributed by atoms with Gasteiger partial charge in [-0.15, -0.1) is 11.3 Å². The smallest absolute Gasteiger partial charge is 0.350 e. The van der Waals surface area contributed by atoms with Gasteiger partial charge in [-0.3, -0.25) is 14.5 Å². The lowest BCUT2D eigenvalue weighted by Crippen LogP contribution is -2.38. The maximum Gasteiger partial charge on any atom is 0.350 e. The van der Waals surface area contributed by atoms with Crippen LogP contribution in [-0.4, -0.2) is 56.5 Å². The minimum atomic E-state index is -0.503. The number of anilines is 2. The molecule has 0 aliphatic rings. The monoisotopic (exact) mass is 405 g/mol. The zero-order valence-corrected chi connectivity index (χ0v) is 16.8. The Morgan fingerprint density at radius 3 is 2.21 bits per heavy atom. The molecule has 150 valence electrons. The second-order valence-electron chi connectivity index (χ2n) is 5.78. The van der Waals surface area contributed by atoms with E-state index >= 15 is 0 Å². The molecule has 0 unspecified atom stereocenters. The standard InChI is InChI=1S/C19H23N3O5S/c1-4-22(11-16(23)20-13-5-7-14(26-2)8-6-13)12-17(24)21-15-9-10-28-18(15)19(25)27-3/h5-10H,4,11-12H2,1-3H3,(H,20,23)(H,21,24). The van der Waals surface area contributed by atoms with E-state index < -0.39 is 5.97 Å². The van der Waals surface area contributed by atoms with Crippen LogP contribution < -0.4 is 15.4 Å². The zero-order chi connectivity index (χ0) is 20.5. The first kappa shape index (κ1) is 21.4. The number of ether oxygens (including phenoxy) is 2. The number of carbonyl (C=O) groups excluding carboxylic acids is 3. The molecule has 0 atom stereocenters. The molecule has 0 spiro atoms. The summed E-state index contributed by atoms with van der Waals surface area (Å²) < 4.78 is 9.77. The summed E-state index contributed by atoms with van der Waals surface area (Å²) in [6.07, 6.45) is 0. The van der Waals surface area contributed by atoms with Crippen molar-refractivity contribution in [1.82, 2.24) is 4.90 Å². The van der Waals surface area contributed by atoms with E-state index in [1.54, 1.807) is 47.7 Å². The van der Waals surface area contributed by atoms with Crippen molar-refractivity contribution >= 4 is 40.5 Å². The number of hydrogen-bond acceptors (Lipinski definition) is 7. The van der Waals surface area contributed by atoms with Gasteiger partial charge in [0.2, 0.25) is 11.8 Å². The predicted molar refractivity (Wildman–Crippen MR) is 108 cm³/mol. The van der Waals surface area contributed by atoms with Crippen molar-refractivity contribution in [3.63, 3.8) is 0 Å². The molecule has 1 aromatic carbocycles. The molecule has 28 heavy (non-hydrogen) atoms. The number of benzene rings is 1. The summed E-state index contributed by atoms with van der Waals surface area (Å²) in [5.74, 6) is -0.352. The van der Waals surface area contributed by atoms with Crippen LogP contribution >= 0.6 is 11.3 Å². The Morgan fingerprint density at radius 1 is 1.00 bits per heavy atom. The zero-order valence-electron chi connectivity index (χ0n) is 16.0. The number of esters is 1. The number of carbonyl (C=O) groups is 3. The van der Waals surface area contributed by atoms with Crippen molar-refractivity contribution in [1.29, 1.82) is 0 Å². The summed E-state index contributed by atoms with van der Waals surface area (Å²) in [7, 11) is 2.86. The second kappa shape index (κ2) is 10.4. The molecule has 0 fully saturated rings. The normalized spacial score (nSPS) is 10.4. The number of likely N-dealkylation sites (N-methyl/N-ethyl adjacent to an activating group) is 1. The second-order valence-corrected chi connectivity index (χ2v) is 6.70. The number of amides is 2. The van der Waals surface area contributed by atoms with E-state index in [-0.39, 0.29) is 24.9 Å². The van der Waals surface area contributed by atoms with Gasteiger partial charge in [-0.05, 0) is 42.3 Å². The van der Waals surface area contributed by atoms with Gasteiger partial charge >= 0.3 is 5.97 Å². The van der Waals surface area contributed by atoms with Gasteiger partial charge in [0, 0.05) is 5.69 Å². The number of hydrogen-bond donors (Lipinski definition) is 2. The molecule has 0 aliphatic heterocycles. The maximum atomic E-state index is 12.3. The Morgan fingerprint density at radius 2 is 1.64 bits per heavy atom. The lowest BCUT2D eigenvalue weighted by molar-refractivity contribution is -0.119. The molecular weight excluding hydrogens is 382 g/mol. The van der Waals surface area contributed by atoms with Gasteiger partial charge in [0.25, 0.3) is 0 Å². The molecule has 2 amide bonds. The lowest BCUT2D eigenvalue weighted by atomic mass is 10.3. The van der Waals surface area contributed by atoms with Gasteiger partial charge in [-0.1, -0.05) is 6.92 Å². The molecule has 9 heteroatoms. The van der Waals surface area contributed by atoms with E-state index in [0.717, 1.165) is 0 Å². The van der Waals surface area contributed by atoms with Gasteiger partial charge in [0.15, 0.2) is 0 Å². The van der Waals surface area contributed by atoms with Gasteiger partial charge in [-0.25, -0.2) is 4.79 Å². The van der Waals surface area contributed by atoms with Gasteiger partial charge < -0.3 is 20.1 Å². The van der Waals surface area contributed by atoms with E-state index in [1.165, 1.54) is 18.4 Å². The number of methoxy groups -OCH3 is 2. The largest absolute Gasteiger partial charge is 0.497 e. The van der Waals surface area contributed by atoms with Gasteiger partial charge in [-0.2, -0.15) is 0 Å². The molecule has 2 aromatic rings. The van der Waals surface area contributed by atoms with Crippen molar-refractivity contribution in [3.05, 3.63) is 40.6 Å². The Labute approximate surface area is 167 Å². The van der Waals surface area contributed by atoms with Crippen LogP contribution in [0.5, 0.6) is 5.75 Å². The third-order valence-corrected chi connectivity index (χ3v) is 4.76. The average molecular weight is 405 g/mol. The first-order chi connectivity index (χ1) is 13.5. The van der Waals surface area contributed by atoms with Crippen molar-refractivity contribution in [3.8, 4) is 5.75 Å². The minimum absolute atomic E-state index is 0.0169. The Balaban J connectivity index is 1.88. The summed E-state index contributed by atoms with van der Waals surface area (Å²) in [5.41, 5.74) is 1.05. The van der Waals surface area contributed by atoms with E-state index in [1.807, 2.05) is 6.92 Å². The van der Waals surface area contributed by atoms with E-state index in [4.69, 9.17) is 9.47 Å². The van der Waals surface area contributed by atoms with Crippen LogP contribution in [0.3, 0.4) is 0 Å². The van der Waals surface area contributed by atoms with Crippen LogP contribution in [-0.2, 0) is 14.3 Å². The molecule has 2 N–H and O–H groups in total. The average Bonchev–Trinajstić information content (AvgIpc) is 3.15. The fourth-order valence-corrected chi connectivity index (χ4v) is 3.17. The number of rotatable bonds is 9. The summed E-state index contributed by atoms with van der Waals surface area (Å²) >= 11 is 1.19. The number of nitrogens with zero attached hydrogens (tertiary/aromatic N) is 1. The molecule has 8 nitrogen and oxygen atoms in total.